The maximum Gasteiger partial charge on any atom is 0.0581 e. The molecule has 0 radical (unpaired) electrons. The highest BCUT2D eigenvalue weighted by molar-refractivity contribution is 5.14. The average molecular weight is 174 g/mol. The van der Waals surface area contributed by atoms with E-state index in [1.54, 1.807) is 12.4 Å². The lowest BCUT2D eigenvalue weighted by Crippen LogP contribution is -2.18. The van der Waals surface area contributed by atoms with Crippen molar-refractivity contribution >= 4 is 0 Å². The summed E-state index contributed by atoms with van der Waals surface area (Å²) in [5, 5.41) is 3.30. The molecule has 0 amide bonds. The molecule has 0 aliphatic carbocycles. The molecular weight excluding hydrogens is 160 g/mol. The quantitative estimate of drug-likeness (QED) is 0.706. The second-order valence-electron chi connectivity index (χ2n) is 2.81. The van der Waals surface area contributed by atoms with Crippen LogP contribution < -0.4 is 5.32 Å². The van der Waals surface area contributed by atoms with Gasteiger partial charge in [0.15, 0.2) is 0 Å². The standard InChI is InChI=1S/C11H14N2/c1-3-4-7-13-10(2)11-5-8-12-9-6-11/h5-6,8-10,13H,7H2,1-2H3. The minimum absolute atomic E-state index is 0.337. The van der Waals surface area contributed by atoms with Crippen LogP contribution in [0.25, 0.3) is 0 Å². The Morgan fingerprint density at radius 3 is 2.77 bits per heavy atom. The van der Waals surface area contributed by atoms with Gasteiger partial charge in [-0.05, 0) is 31.5 Å². The number of hydrogen-bond acceptors (Lipinski definition) is 2. The SMILES string of the molecule is CC#CCNC(C)c1ccncc1. The van der Waals surface area contributed by atoms with E-state index in [1.807, 2.05) is 19.1 Å². The number of rotatable bonds is 3. The van der Waals surface area contributed by atoms with Crippen LogP contribution in [-0.4, -0.2) is 11.5 Å². The highest BCUT2D eigenvalue weighted by atomic mass is 14.9. The maximum atomic E-state index is 3.97. The van der Waals surface area contributed by atoms with E-state index < -0.39 is 0 Å². The van der Waals surface area contributed by atoms with Crippen molar-refractivity contribution < 1.29 is 0 Å². The Balaban J connectivity index is 2.47. The molecule has 68 valence electrons. The molecule has 0 spiro atoms. The molecule has 1 unspecified atom stereocenters. The van der Waals surface area contributed by atoms with Crippen LogP contribution in [-0.2, 0) is 0 Å². The van der Waals surface area contributed by atoms with E-state index in [1.165, 1.54) is 5.56 Å². The predicted molar refractivity (Wildman–Crippen MR) is 54.1 cm³/mol. The number of hydrogen-bond donors (Lipinski definition) is 1. The molecule has 1 atom stereocenters. The highest BCUT2D eigenvalue weighted by Gasteiger charge is 2.01. The second-order valence-corrected chi connectivity index (χ2v) is 2.81. The molecule has 0 aromatic carbocycles. The Labute approximate surface area is 79.4 Å². The average Bonchev–Trinajstić information content (AvgIpc) is 2.19. The summed E-state index contributed by atoms with van der Waals surface area (Å²) in [4.78, 5) is 3.97. The van der Waals surface area contributed by atoms with Crippen LogP contribution in [0.2, 0.25) is 0 Å². The summed E-state index contributed by atoms with van der Waals surface area (Å²) in [6.45, 7) is 4.70. The van der Waals surface area contributed by atoms with Gasteiger partial charge in [0, 0.05) is 18.4 Å². The van der Waals surface area contributed by atoms with Crippen LogP contribution in [0.3, 0.4) is 0 Å². The summed E-state index contributed by atoms with van der Waals surface area (Å²) in [5.74, 6) is 5.82. The number of nitrogens with one attached hydrogen (secondary N) is 1. The van der Waals surface area contributed by atoms with E-state index in [9.17, 15) is 0 Å². The smallest absolute Gasteiger partial charge is 0.0581 e. The second kappa shape index (κ2) is 5.34. The lowest BCUT2D eigenvalue weighted by Gasteiger charge is -2.10. The van der Waals surface area contributed by atoms with Crippen molar-refractivity contribution in [1.29, 1.82) is 0 Å². The van der Waals surface area contributed by atoms with Crippen molar-refractivity contribution in [3.05, 3.63) is 30.1 Å². The summed E-state index contributed by atoms with van der Waals surface area (Å²) in [5.41, 5.74) is 1.24. The third-order valence-corrected chi connectivity index (χ3v) is 1.88. The van der Waals surface area contributed by atoms with Crippen molar-refractivity contribution in [2.75, 3.05) is 6.54 Å². The molecule has 1 heterocycles. The highest BCUT2D eigenvalue weighted by Crippen LogP contribution is 2.08. The summed E-state index contributed by atoms with van der Waals surface area (Å²) in [7, 11) is 0. The molecule has 0 fully saturated rings. The minimum Gasteiger partial charge on any atom is -0.300 e. The Bertz CT molecular complexity index is 295. The van der Waals surface area contributed by atoms with Gasteiger partial charge in [-0.15, -0.1) is 5.92 Å². The number of aromatic nitrogens is 1. The van der Waals surface area contributed by atoms with Crippen LogP contribution in [0.5, 0.6) is 0 Å². The van der Waals surface area contributed by atoms with Gasteiger partial charge in [-0.2, -0.15) is 0 Å². The van der Waals surface area contributed by atoms with Crippen LogP contribution in [0, 0.1) is 11.8 Å². The molecule has 0 aliphatic heterocycles. The fraction of sp³-hybridized carbons (Fsp3) is 0.364. The van der Waals surface area contributed by atoms with Gasteiger partial charge >= 0.3 is 0 Å². The maximum absolute atomic E-state index is 3.97. The largest absolute Gasteiger partial charge is 0.300 e. The number of nitrogens with zero attached hydrogens (tertiary/aromatic N) is 1. The fourth-order valence-electron chi connectivity index (χ4n) is 1.06. The van der Waals surface area contributed by atoms with Crippen molar-refractivity contribution in [2.45, 2.75) is 19.9 Å². The molecule has 0 bridgehead atoms. The summed E-state index contributed by atoms with van der Waals surface area (Å²) in [6, 6.07) is 4.36. The van der Waals surface area contributed by atoms with E-state index in [4.69, 9.17) is 0 Å². The van der Waals surface area contributed by atoms with Gasteiger partial charge in [0.2, 0.25) is 0 Å². The Morgan fingerprint density at radius 2 is 2.15 bits per heavy atom. The van der Waals surface area contributed by atoms with Crippen molar-refractivity contribution in [1.82, 2.24) is 10.3 Å². The molecule has 13 heavy (non-hydrogen) atoms. The molecule has 0 saturated carbocycles. The van der Waals surface area contributed by atoms with Gasteiger partial charge in [-0.25, -0.2) is 0 Å². The fourth-order valence-corrected chi connectivity index (χ4v) is 1.06. The van der Waals surface area contributed by atoms with Crippen molar-refractivity contribution in [2.24, 2.45) is 0 Å². The molecule has 2 nitrogen and oxygen atoms in total. The minimum atomic E-state index is 0.337. The van der Waals surface area contributed by atoms with E-state index in [0.717, 1.165) is 6.54 Å². The molecule has 2 heteroatoms. The molecule has 1 rings (SSSR count). The predicted octanol–water partition coefficient (Wildman–Crippen LogP) is 1.76. The lowest BCUT2D eigenvalue weighted by atomic mass is 10.1. The van der Waals surface area contributed by atoms with Gasteiger partial charge in [-0.3, -0.25) is 10.3 Å². The molecular formula is C11H14N2. The van der Waals surface area contributed by atoms with Gasteiger partial charge < -0.3 is 0 Å². The van der Waals surface area contributed by atoms with Crippen LogP contribution in [0.15, 0.2) is 24.5 Å². The molecule has 1 aromatic heterocycles. The third-order valence-electron chi connectivity index (χ3n) is 1.88. The van der Waals surface area contributed by atoms with E-state index in [2.05, 4.69) is 29.1 Å². The molecule has 0 aliphatic rings. The van der Waals surface area contributed by atoms with E-state index in [-0.39, 0.29) is 0 Å². The van der Waals surface area contributed by atoms with Crippen LogP contribution in [0.1, 0.15) is 25.5 Å². The van der Waals surface area contributed by atoms with Crippen LogP contribution in [0.4, 0.5) is 0 Å². The summed E-state index contributed by atoms with van der Waals surface area (Å²) >= 11 is 0. The molecule has 1 N–H and O–H groups in total. The van der Waals surface area contributed by atoms with Gasteiger partial charge in [-0.1, -0.05) is 5.92 Å². The van der Waals surface area contributed by atoms with E-state index in [0.29, 0.717) is 6.04 Å². The first kappa shape index (κ1) is 9.76. The topological polar surface area (TPSA) is 24.9 Å². The van der Waals surface area contributed by atoms with Gasteiger partial charge in [0.25, 0.3) is 0 Å². The first-order valence-electron chi connectivity index (χ1n) is 4.37. The zero-order chi connectivity index (χ0) is 9.52. The zero-order valence-corrected chi connectivity index (χ0v) is 8.04. The third kappa shape index (κ3) is 3.27. The summed E-state index contributed by atoms with van der Waals surface area (Å²) in [6.07, 6.45) is 3.61. The monoisotopic (exact) mass is 174 g/mol. The van der Waals surface area contributed by atoms with Crippen molar-refractivity contribution in [3.8, 4) is 11.8 Å². The normalized spacial score (nSPS) is 11.5. The van der Waals surface area contributed by atoms with Gasteiger partial charge in [0.1, 0.15) is 0 Å². The summed E-state index contributed by atoms with van der Waals surface area (Å²) < 4.78 is 0. The van der Waals surface area contributed by atoms with E-state index >= 15 is 0 Å². The zero-order valence-electron chi connectivity index (χ0n) is 8.04. The Morgan fingerprint density at radius 1 is 1.46 bits per heavy atom. The first-order valence-corrected chi connectivity index (χ1v) is 4.37. The molecule has 0 saturated heterocycles. The Kier molecular flexibility index (Phi) is 4.01. The number of pyridine rings is 1. The van der Waals surface area contributed by atoms with Crippen molar-refractivity contribution in [3.63, 3.8) is 0 Å². The van der Waals surface area contributed by atoms with Crippen LogP contribution >= 0.6 is 0 Å². The van der Waals surface area contributed by atoms with Gasteiger partial charge in [0.05, 0.1) is 6.54 Å². The Hall–Kier alpha value is -1.33. The molecule has 1 aromatic rings. The lowest BCUT2D eigenvalue weighted by molar-refractivity contribution is 0.622. The first-order chi connectivity index (χ1) is 6.34.